The SMILES string of the molecule is CNC(C)(C)C(=O)Nc1cc(Cl)ccc1-n1cncn1. The number of carbonyl (C=O) groups excluding carboxylic acids is 1. The van der Waals surface area contributed by atoms with Gasteiger partial charge in [0.1, 0.15) is 12.7 Å². The van der Waals surface area contributed by atoms with E-state index in [4.69, 9.17) is 11.6 Å². The van der Waals surface area contributed by atoms with Gasteiger partial charge >= 0.3 is 0 Å². The maximum atomic E-state index is 12.2. The van der Waals surface area contributed by atoms with Gasteiger partial charge in [0.05, 0.1) is 16.9 Å². The van der Waals surface area contributed by atoms with Gasteiger partial charge in [-0.05, 0) is 39.1 Å². The van der Waals surface area contributed by atoms with Gasteiger partial charge in [0.25, 0.3) is 0 Å². The Labute approximate surface area is 122 Å². The lowest BCUT2D eigenvalue weighted by Gasteiger charge is -2.23. The molecular formula is C13H16ClN5O. The molecule has 0 aliphatic rings. The van der Waals surface area contributed by atoms with E-state index < -0.39 is 5.54 Å². The van der Waals surface area contributed by atoms with E-state index in [1.54, 1.807) is 50.1 Å². The molecule has 0 aliphatic carbocycles. The number of halogens is 1. The van der Waals surface area contributed by atoms with Crippen molar-refractivity contribution in [3.05, 3.63) is 35.9 Å². The molecule has 7 heteroatoms. The third kappa shape index (κ3) is 2.97. The van der Waals surface area contributed by atoms with Crippen molar-refractivity contribution in [2.75, 3.05) is 12.4 Å². The molecule has 0 saturated carbocycles. The van der Waals surface area contributed by atoms with Crippen molar-refractivity contribution >= 4 is 23.2 Å². The predicted octanol–water partition coefficient (Wildman–Crippen LogP) is 1.86. The standard InChI is InChI=1S/C13H16ClN5O/c1-13(2,15-3)12(20)18-10-6-9(14)4-5-11(10)19-8-16-7-17-19/h4-8,15H,1-3H3,(H,18,20). The Hall–Kier alpha value is -1.92. The van der Waals surface area contributed by atoms with Crippen molar-refractivity contribution < 1.29 is 4.79 Å². The molecule has 0 aliphatic heterocycles. The molecule has 6 nitrogen and oxygen atoms in total. The molecule has 2 N–H and O–H groups in total. The van der Waals surface area contributed by atoms with Gasteiger partial charge < -0.3 is 10.6 Å². The lowest BCUT2D eigenvalue weighted by Crippen LogP contribution is -2.48. The average Bonchev–Trinajstić information content (AvgIpc) is 2.92. The van der Waals surface area contributed by atoms with Crippen LogP contribution in [0.5, 0.6) is 0 Å². The number of carbonyl (C=O) groups is 1. The number of nitrogens with one attached hydrogen (secondary N) is 2. The number of amides is 1. The molecule has 106 valence electrons. The predicted molar refractivity (Wildman–Crippen MR) is 78.1 cm³/mol. The second-order valence-corrected chi connectivity index (χ2v) is 5.27. The molecule has 0 radical (unpaired) electrons. The van der Waals surface area contributed by atoms with Gasteiger partial charge in [-0.1, -0.05) is 11.6 Å². The summed E-state index contributed by atoms with van der Waals surface area (Å²) in [6.07, 6.45) is 2.99. The van der Waals surface area contributed by atoms with Gasteiger partial charge in [-0.3, -0.25) is 4.79 Å². The first-order valence-electron chi connectivity index (χ1n) is 6.09. The minimum atomic E-state index is -0.693. The number of benzene rings is 1. The monoisotopic (exact) mass is 293 g/mol. The zero-order valence-electron chi connectivity index (χ0n) is 11.5. The zero-order valence-corrected chi connectivity index (χ0v) is 12.3. The molecule has 0 fully saturated rings. The van der Waals surface area contributed by atoms with Crippen molar-refractivity contribution in [2.45, 2.75) is 19.4 Å². The lowest BCUT2D eigenvalue weighted by atomic mass is 10.0. The highest BCUT2D eigenvalue weighted by atomic mass is 35.5. The van der Waals surface area contributed by atoms with Crippen molar-refractivity contribution in [1.29, 1.82) is 0 Å². The number of anilines is 1. The fourth-order valence-electron chi connectivity index (χ4n) is 1.53. The molecule has 20 heavy (non-hydrogen) atoms. The Bertz CT molecular complexity index is 609. The molecule has 1 amide bonds. The first-order chi connectivity index (χ1) is 9.44. The highest BCUT2D eigenvalue weighted by Gasteiger charge is 2.26. The number of aromatic nitrogens is 3. The molecule has 1 aromatic heterocycles. The quantitative estimate of drug-likeness (QED) is 0.902. The molecule has 0 spiro atoms. The Kier molecular flexibility index (Phi) is 4.06. The summed E-state index contributed by atoms with van der Waals surface area (Å²) in [6.45, 7) is 3.59. The van der Waals surface area contributed by atoms with E-state index in [1.165, 1.54) is 6.33 Å². The Morgan fingerprint density at radius 2 is 2.15 bits per heavy atom. The van der Waals surface area contributed by atoms with Crippen molar-refractivity contribution in [3.63, 3.8) is 0 Å². The maximum absolute atomic E-state index is 12.2. The fraction of sp³-hybridized carbons (Fsp3) is 0.308. The van der Waals surface area contributed by atoms with Crippen LogP contribution in [0.3, 0.4) is 0 Å². The molecule has 1 aromatic carbocycles. The number of rotatable bonds is 4. The number of nitrogens with zero attached hydrogens (tertiary/aromatic N) is 3. The smallest absolute Gasteiger partial charge is 0.244 e. The molecule has 2 aromatic rings. The van der Waals surface area contributed by atoms with Gasteiger partial charge in [-0.2, -0.15) is 5.10 Å². The van der Waals surface area contributed by atoms with Gasteiger partial charge in [-0.15, -0.1) is 0 Å². The van der Waals surface area contributed by atoms with Crippen LogP contribution in [0.2, 0.25) is 5.02 Å². The minimum absolute atomic E-state index is 0.163. The highest BCUT2D eigenvalue weighted by molar-refractivity contribution is 6.31. The second kappa shape index (κ2) is 5.60. The van der Waals surface area contributed by atoms with E-state index in [0.29, 0.717) is 16.4 Å². The molecule has 1 heterocycles. The summed E-state index contributed by atoms with van der Waals surface area (Å²) in [4.78, 5) is 16.1. The maximum Gasteiger partial charge on any atom is 0.244 e. The number of hydrogen-bond donors (Lipinski definition) is 2. The van der Waals surface area contributed by atoms with Crippen LogP contribution in [-0.2, 0) is 4.79 Å². The number of likely N-dealkylation sites (N-methyl/N-ethyl adjacent to an activating group) is 1. The van der Waals surface area contributed by atoms with Crippen LogP contribution in [0.4, 0.5) is 5.69 Å². The Morgan fingerprint density at radius 3 is 2.75 bits per heavy atom. The van der Waals surface area contributed by atoms with E-state index in [-0.39, 0.29) is 5.91 Å². The van der Waals surface area contributed by atoms with E-state index in [2.05, 4.69) is 20.7 Å². The van der Waals surface area contributed by atoms with Crippen molar-refractivity contribution in [1.82, 2.24) is 20.1 Å². The first kappa shape index (κ1) is 14.5. The Balaban J connectivity index is 2.36. The van der Waals surface area contributed by atoms with E-state index in [0.717, 1.165) is 0 Å². The van der Waals surface area contributed by atoms with Gasteiger partial charge in [-0.25, -0.2) is 9.67 Å². The third-order valence-electron chi connectivity index (χ3n) is 3.07. The first-order valence-corrected chi connectivity index (χ1v) is 6.47. The minimum Gasteiger partial charge on any atom is -0.323 e. The van der Waals surface area contributed by atoms with E-state index in [9.17, 15) is 4.79 Å². The van der Waals surface area contributed by atoms with Crippen LogP contribution in [0.1, 0.15) is 13.8 Å². The summed E-state index contributed by atoms with van der Waals surface area (Å²) in [7, 11) is 1.73. The van der Waals surface area contributed by atoms with Crippen LogP contribution in [-0.4, -0.2) is 33.3 Å². The molecule has 0 saturated heterocycles. The van der Waals surface area contributed by atoms with Crippen LogP contribution < -0.4 is 10.6 Å². The summed E-state index contributed by atoms with van der Waals surface area (Å²) in [5.74, 6) is -0.163. The average molecular weight is 294 g/mol. The van der Waals surface area contributed by atoms with Gasteiger partial charge in [0.2, 0.25) is 5.91 Å². The lowest BCUT2D eigenvalue weighted by molar-refractivity contribution is -0.121. The van der Waals surface area contributed by atoms with Crippen molar-refractivity contribution in [2.24, 2.45) is 0 Å². The van der Waals surface area contributed by atoms with Crippen molar-refractivity contribution in [3.8, 4) is 5.69 Å². The van der Waals surface area contributed by atoms with Crippen LogP contribution in [0.25, 0.3) is 5.69 Å². The van der Waals surface area contributed by atoms with Gasteiger partial charge in [0, 0.05) is 5.02 Å². The summed E-state index contributed by atoms with van der Waals surface area (Å²) >= 11 is 6.00. The molecular weight excluding hydrogens is 278 g/mol. The molecule has 0 atom stereocenters. The van der Waals surface area contributed by atoms with Gasteiger partial charge in [0.15, 0.2) is 0 Å². The highest BCUT2D eigenvalue weighted by Crippen LogP contribution is 2.24. The summed E-state index contributed by atoms with van der Waals surface area (Å²) in [5.41, 5.74) is 0.588. The Morgan fingerprint density at radius 1 is 1.40 bits per heavy atom. The summed E-state index contributed by atoms with van der Waals surface area (Å²) in [6, 6.07) is 5.19. The summed E-state index contributed by atoms with van der Waals surface area (Å²) < 4.78 is 1.57. The fourth-order valence-corrected chi connectivity index (χ4v) is 1.70. The van der Waals surface area contributed by atoms with Crippen LogP contribution in [0, 0.1) is 0 Å². The largest absolute Gasteiger partial charge is 0.323 e. The summed E-state index contributed by atoms with van der Waals surface area (Å²) in [5, 5.41) is 10.4. The molecule has 0 unspecified atom stereocenters. The topological polar surface area (TPSA) is 71.8 Å². The third-order valence-corrected chi connectivity index (χ3v) is 3.30. The molecule has 2 rings (SSSR count). The normalized spacial score (nSPS) is 11.4. The molecule has 0 bridgehead atoms. The zero-order chi connectivity index (χ0) is 14.8. The van der Waals surface area contributed by atoms with E-state index in [1.807, 2.05) is 0 Å². The number of hydrogen-bond acceptors (Lipinski definition) is 4. The van der Waals surface area contributed by atoms with E-state index >= 15 is 0 Å². The van der Waals surface area contributed by atoms with Crippen LogP contribution in [0.15, 0.2) is 30.9 Å². The second-order valence-electron chi connectivity index (χ2n) is 4.83. The van der Waals surface area contributed by atoms with Crippen LogP contribution >= 0.6 is 11.6 Å².